The Morgan fingerprint density at radius 2 is 1.20 bits per heavy atom. The van der Waals surface area contributed by atoms with Gasteiger partial charge in [0, 0.05) is 22.9 Å². The van der Waals surface area contributed by atoms with Gasteiger partial charge in [0.1, 0.15) is 63.7 Å². The summed E-state index contributed by atoms with van der Waals surface area (Å²) >= 11 is 0. The molecule has 4 heterocycles. The van der Waals surface area contributed by atoms with E-state index in [4.69, 9.17) is 32.1 Å². The summed E-state index contributed by atoms with van der Waals surface area (Å²) in [6, 6.07) is 25.8. The summed E-state index contributed by atoms with van der Waals surface area (Å²) in [5.74, 6) is 1.55. The number of nitrogens with one attached hydrogen (secondary N) is 1. The number of fused-ring (bicyclic) bond motifs is 2. The lowest BCUT2D eigenvalue weighted by Gasteiger charge is -2.25. The number of carbonyl (C=O) groups is 2. The van der Waals surface area contributed by atoms with Crippen LogP contribution in [0.15, 0.2) is 109 Å². The molecule has 0 fully saturated rings. The first-order valence-corrected chi connectivity index (χ1v) is 19.5. The molecule has 0 saturated heterocycles. The molecule has 0 saturated carbocycles. The SMILES string of the molecule is COc1cc(OC)c(C(NC(=O)Cc2ccc3oc(C(O)c4c(C)noc4C)cc3c2)c2ccccc2)c(OC(=O)Cc2ccc3oc(C(O)c4c(C)noc4C)cc3c2)c1. The third-order valence-corrected chi connectivity index (χ3v) is 10.7. The lowest BCUT2D eigenvalue weighted by Crippen LogP contribution is -2.31. The second-order valence-electron chi connectivity index (χ2n) is 14.8. The lowest BCUT2D eigenvalue weighted by atomic mass is 9.96. The minimum absolute atomic E-state index is 0.00673. The van der Waals surface area contributed by atoms with Crippen molar-refractivity contribution in [1.82, 2.24) is 15.6 Å². The highest BCUT2D eigenvalue weighted by Gasteiger charge is 2.29. The third-order valence-electron chi connectivity index (χ3n) is 10.7. The molecule has 4 aromatic carbocycles. The Labute approximate surface area is 349 Å². The maximum atomic E-state index is 14.0. The van der Waals surface area contributed by atoms with E-state index in [-0.39, 0.29) is 24.5 Å². The van der Waals surface area contributed by atoms with Gasteiger partial charge in [-0.15, -0.1) is 0 Å². The van der Waals surface area contributed by atoms with Crippen LogP contribution in [0.4, 0.5) is 0 Å². The fourth-order valence-corrected chi connectivity index (χ4v) is 7.68. The Morgan fingerprint density at radius 1 is 0.656 bits per heavy atom. The van der Waals surface area contributed by atoms with Gasteiger partial charge in [0.15, 0.2) is 0 Å². The minimum atomic E-state index is -1.08. The molecule has 8 rings (SSSR count). The minimum Gasteiger partial charge on any atom is -0.496 e. The third kappa shape index (κ3) is 8.23. The molecule has 4 aromatic heterocycles. The van der Waals surface area contributed by atoms with Gasteiger partial charge in [-0.25, -0.2) is 0 Å². The number of nitrogens with zero attached hydrogens (tertiary/aromatic N) is 2. The van der Waals surface area contributed by atoms with Crippen molar-refractivity contribution in [1.29, 1.82) is 0 Å². The maximum Gasteiger partial charge on any atom is 0.315 e. The molecule has 0 radical (unpaired) electrons. The molecule has 14 nitrogen and oxygen atoms in total. The molecule has 0 aliphatic heterocycles. The lowest BCUT2D eigenvalue weighted by molar-refractivity contribution is -0.133. The van der Waals surface area contributed by atoms with E-state index in [1.165, 1.54) is 14.2 Å². The standard InChI is InChI=1S/C47H43N3O11/c1-24-42(26(3)60-49-24)46(53)38-20-31-16-28(12-14-34(31)57-38)18-40(51)48-45(30-10-8-7-9-11-30)44-36(56-6)22-33(55-5)23-37(44)59-41(52)19-29-13-15-35-32(17-29)21-39(58-35)47(54)43-25(2)50-61-27(43)4/h7-17,20-23,45-47,53-54H,18-19H2,1-6H3,(H,48,51). The van der Waals surface area contributed by atoms with Crippen molar-refractivity contribution in [3.05, 3.63) is 159 Å². The topological polar surface area (TPSA) is 193 Å². The van der Waals surface area contributed by atoms with Crippen LogP contribution in [0, 0.1) is 27.7 Å². The molecular formula is C47H43N3O11. The summed E-state index contributed by atoms with van der Waals surface area (Å²) in [6.45, 7) is 6.95. The van der Waals surface area contributed by atoms with Crippen molar-refractivity contribution in [3.8, 4) is 17.2 Å². The summed E-state index contributed by atoms with van der Waals surface area (Å²) in [5.41, 5.74) is 5.73. The van der Waals surface area contributed by atoms with E-state index in [2.05, 4.69) is 15.6 Å². The van der Waals surface area contributed by atoms with E-state index in [0.29, 0.717) is 101 Å². The van der Waals surface area contributed by atoms with Crippen LogP contribution in [0.2, 0.25) is 0 Å². The summed E-state index contributed by atoms with van der Waals surface area (Å²) in [4.78, 5) is 27.8. The first-order chi connectivity index (χ1) is 29.4. The summed E-state index contributed by atoms with van der Waals surface area (Å²) < 4.78 is 39.9. The number of ether oxygens (including phenoxy) is 3. The van der Waals surface area contributed by atoms with Crippen molar-refractivity contribution in [2.24, 2.45) is 0 Å². The average Bonchev–Trinajstić information content (AvgIpc) is 4.04. The van der Waals surface area contributed by atoms with Crippen LogP contribution >= 0.6 is 0 Å². The Balaban J connectivity index is 1.05. The first-order valence-electron chi connectivity index (χ1n) is 19.5. The van der Waals surface area contributed by atoms with Crippen molar-refractivity contribution in [2.75, 3.05) is 14.2 Å². The molecule has 3 atom stereocenters. The van der Waals surface area contributed by atoms with Crippen LogP contribution in [0.25, 0.3) is 21.9 Å². The van der Waals surface area contributed by atoms with Gasteiger partial charge in [0.2, 0.25) is 5.91 Å². The zero-order chi connectivity index (χ0) is 42.9. The van der Waals surface area contributed by atoms with E-state index in [0.717, 1.165) is 0 Å². The Bertz CT molecular complexity index is 2850. The summed E-state index contributed by atoms with van der Waals surface area (Å²) in [6.07, 6.45) is -2.28. The first kappa shape index (κ1) is 40.6. The van der Waals surface area contributed by atoms with Crippen molar-refractivity contribution < 1.29 is 51.9 Å². The molecule has 14 heteroatoms. The zero-order valence-electron chi connectivity index (χ0n) is 34.3. The number of carbonyl (C=O) groups excluding carboxylic acids is 2. The van der Waals surface area contributed by atoms with Crippen molar-refractivity contribution in [2.45, 2.75) is 58.8 Å². The van der Waals surface area contributed by atoms with Gasteiger partial charge in [0.25, 0.3) is 0 Å². The van der Waals surface area contributed by atoms with Crippen LogP contribution < -0.4 is 19.5 Å². The second-order valence-corrected chi connectivity index (χ2v) is 14.8. The molecule has 1 amide bonds. The number of aryl methyl sites for hydroxylation is 4. The molecule has 61 heavy (non-hydrogen) atoms. The number of benzene rings is 4. The Hall–Kier alpha value is -7.16. The van der Waals surface area contributed by atoms with Crippen molar-refractivity contribution >= 4 is 33.8 Å². The highest BCUT2D eigenvalue weighted by molar-refractivity contribution is 5.85. The zero-order valence-corrected chi connectivity index (χ0v) is 34.3. The van der Waals surface area contributed by atoms with Crippen LogP contribution in [0.5, 0.6) is 17.2 Å². The average molecular weight is 826 g/mol. The van der Waals surface area contributed by atoms with Crippen LogP contribution in [-0.2, 0) is 22.4 Å². The summed E-state index contributed by atoms with van der Waals surface area (Å²) in [5, 5.41) is 34.5. The van der Waals surface area contributed by atoms with E-state index >= 15 is 0 Å². The fraction of sp³-hybridized carbons (Fsp3) is 0.234. The largest absolute Gasteiger partial charge is 0.496 e. The summed E-state index contributed by atoms with van der Waals surface area (Å²) in [7, 11) is 2.98. The normalized spacial score (nSPS) is 13.0. The number of methoxy groups -OCH3 is 2. The predicted molar refractivity (Wildman–Crippen MR) is 222 cm³/mol. The number of aromatic nitrogens is 2. The molecule has 3 unspecified atom stereocenters. The fourth-order valence-electron chi connectivity index (χ4n) is 7.68. The molecule has 0 aliphatic carbocycles. The maximum absolute atomic E-state index is 14.0. The van der Waals surface area contributed by atoms with Crippen LogP contribution in [0.1, 0.15) is 86.1 Å². The predicted octanol–water partition coefficient (Wildman–Crippen LogP) is 8.17. The highest BCUT2D eigenvalue weighted by Crippen LogP contribution is 2.42. The number of aliphatic hydroxyl groups is 2. The smallest absolute Gasteiger partial charge is 0.315 e. The Kier molecular flexibility index (Phi) is 11.2. The molecule has 0 aliphatic rings. The number of esters is 1. The number of aliphatic hydroxyl groups excluding tert-OH is 2. The quantitative estimate of drug-likeness (QED) is 0.0703. The van der Waals surface area contributed by atoms with E-state index in [1.54, 1.807) is 82.3 Å². The molecule has 0 bridgehead atoms. The number of hydrogen-bond acceptors (Lipinski definition) is 13. The Morgan fingerprint density at radius 3 is 1.70 bits per heavy atom. The molecule has 312 valence electrons. The number of rotatable bonds is 14. The number of hydrogen-bond donors (Lipinski definition) is 3. The monoisotopic (exact) mass is 825 g/mol. The number of amides is 1. The van der Waals surface area contributed by atoms with Gasteiger partial charge in [-0.1, -0.05) is 52.8 Å². The van der Waals surface area contributed by atoms with Gasteiger partial charge in [-0.05, 0) is 80.8 Å². The van der Waals surface area contributed by atoms with Gasteiger partial charge < -0.3 is 47.6 Å². The molecule has 8 aromatic rings. The van der Waals surface area contributed by atoms with Gasteiger partial charge in [0.05, 0.1) is 61.2 Å². The van der Waals surface area contributed by atoms with Gasteiger partial charge in [-0.3, -0.25) is 9.59 Å². The molecular weight excluding hydrogens is 783 g/mol. The number of furan rings is 2. The van der Waals surface area contributed by atoms with E-state index < -0.39 is 24.2 Å². The van der Waals surface area contributed by atoms with E-state index in [9.17, 15) is 19.8 Å². The second kappa shape index (κ2) is 16.8. The van der Waals surface area contributed by atoms with Crippen LogP contribution in [-0.4, -0.2) is 46.6 Å². The molecule has 0 spiro atoms. The van der Waals surface area contributed by atoms with E-state index in [1.807, 2.05) is 36.4 Å². The van der Waals surface area contributed by atoms with Gasteiger partial charge in [-0.2, -0.15) is 0 Å². The highest BCUT2D eigenvalue weighted by atomic mass is 16.5. The molecule has 3 N–H and O–H groups in total. The van der Waals surface area contributed by atoms with Crippen molar-refractivity contribution in [3.63, 3.8) is 0 Å². The van der Waals surface area contributed by atoms with Gasteiger partial charge >= 0.3 is 5.97 Å². The van der Waals surface area contributed by atoms with Crippen LogP contribution in [0.3, 0.4) is 0 Å².